The molecule has 2 N–H and O–H groups in total. The number of anilines is 1. The number of nitrogens with zero attached hydrogens (tertiary/aromatic N) is 2. The number of amides is 2. The topological polar surface area (TPSA) is 121 Å². The summed E-state index contributed by atoms with van der Waals surface area (Å²) in [5, 5.41) is 0. The predicted molar refractivity (Wildman–Crippen MR) is 162 cm³/mol. The van der Waals surface area contributed by atoms with Crippen LogP contribution in [0.4, 0.5) is 23.7 Å². The van der Waals surface area contributed by atoms with E-state index in [1.165, 1.54) is 30.2 Å². The highest BCUT2D eigenvalue weighted by Crippen LogP contribution is 2.34. The van der Waals surface area contributed by atoms with Crippen molar-refractivity contribution in [3.8, 4) is 11.5 Å². The van der Waals surface area contributed by atoms with E-state index >= 15 is 0 Å². The Kier molecular flexibility index (Phi) is 11.9. The lowest BCUT2D eigenvalue weighted by Gasteiger charge is -2.32. The SMILES string of the molecule is COC(=O)CCCN1CCc2cc(C[C@@H](C)N(CCOc3ccccc3OCC(F)(F)F)C(=O)OC(C)(C)C)cc(C(N)=O)c21. The molecule has 0 fully saturated rings. The van der Waals surface area contributed by atoms with Gasteiger partial charge in [0.1, 0.15) is 12.2 Å². The molecule has 0 aromatic heterocycles. The number of esters is 1. The first-order valence-corrected chi connectivity index (χ1v) is 14.8. The Morgan fingerprint density at radius 1 is 1.07 bits per heavy atom. The summed E-state index contributed by atoms with van der Waals surface area (Å²) in [6, 6.07) is 9.31. The Hall–Kier alpha value is -4.16. The maximum atomic E-state index is 13.3. The summed E-state index contributed by atoms with van der Waals surface area (Å²) in [5.74, 6) is -0.834. The molecule has 1 aliphatic rings. The molecule has 0 radical (unpaired) electrons. The van der Waals surface area contributed by atoms with Gasteiger partial charge in [-0.3, -0.25) is 9.59 Å². The van der Waals surface area contributed by atoms with Gasteiger partial charge in [-0.1, -0.05) is 18.2 Å². The van der Waals surface area contributed by atoms with Gasteiger partial charge in [-0.15, -0.1) is 0 Å². The molecule has 0 unspecified atom stereocenters. The zero-order valence-corrected chi connectivity index (χ0v) is 26.4. The Bertz CT molecular complexity index is 1340. The third-order valence-corrected chi connectivity index (χ3v) is 7.04. The number of nitrogens with two attached hydrogens (primary N) is 1. The minimum absolute atomic E-state index is 0.0484. The number of para-hydroxylation sites is 2. The van der Waals surface area contributed by atoms with E-state index in [-0.39, 0.29) is 37.0 Å². The summed E-state index contributed by atoms with van der Waals surface area (Å²) in [6.45, 7) is 6.85. The van der Waals surface area contributed by atoms with Crippen molar-refractivity contribution in [2.75, 3.05) is 44.9 Å². The lowest BCUT2D eigenvalue weighted by Crippen LogP contribution is -2.45. The molecule has 2 aromatic carbocycles. The van der Waals surface area contributed by atoms with Crippen LogP contribution in [0.25, 0.3) is 0 Å². The van der Waals surface area contributed by atoms with Gasteiger partial charge < -0.3 is 34.5 Å². The van der Waals surface area contributed by atoms with E-state index in [0.717, 1.165) is 16.8 Å². The van der Waals surface area contributed by atoms with Crippen LogP contribution in [0.5, 0.6) is 11.5 Å². The second-order valence-electron chi connectivity index (χ2n) is 11.9. The number of ether oxygens (including phenoxy) is 4. The third-order valence-electron chi connectivity index (χ3n) is 7.04. The fourth-order valence-electron chi connectivity index (χ4n) is 5.10. The molecule has 1 aliphatic heterocycles. The molecule has 0 spiro atoms. The quantitative estimate of drug-likeness (QED) is 0.278. The number of carbonyl (C=O) groups is 3. The van der Waals surface area contributed by atoms with Gasteiger partial charge in [-0.25, -0.2) is 4.79 Å². The molecule has 13 heteroatoms. The number of alkyl halides is 3. The van der Waals surface area contributed by atoms with Crippen molar-refractivity contribution in [2.45, 2.75) is 71.2 Å². The molecule has 1 heterocycles. The lowest BCUT2D eigenvalue weighted by molar-refractivity contribution is -0.153. The summed E-state index contributed by atoms with van der Waals surface area (Å²) in [7, 11) is 1.34. The average molecular weight is 638 g/mol. The zero-order chi connectivity index (χ0) is 33.4. The van der Waals surface area contributed by atoms with Crippen molar-refractivity contribution in [1.29, 1.82) is 0 Å². The van der Waals surface area contributed by atoms with E-state index in [1.54, 1.807) is 32.9 Å². The molecule has 0 aliphatic carbocycles. The molecular formula is C32H42F3N3O7. The first kappa shape index (κ1) is 35.3. The van der Waals surface area contributed by atoms with E-state index in [1.807, 2.05) is 17.9 Å². The molecule has 3 rings (SSSR count). The molecular weight excluding hydrogens is 595 g/mol. The average Bonchev–Trinajstić information content (AvgIpc) is 3.35. The number of hydrogen-bond acceptors (Lipinski definition) is 8. The summed E-state index contributed by atoms with van der Waals surface area (Å²) in [6.07, 6.45) is -3.22. The van der Waals surface area contributed by atoms with Gasteiger partial charge in [0.2, 0.25) is 0 Å². The van der Waals surface area contributed by atoms with Gasteiger partial charge in [0.05, 0.1) is 24.9 Å². The summed E-state index contributed by atoms with van der Waals surface area (Å²) in [5.41, 5.74) is 7.89. The Morgan fingerprint density at radius 3 is 2.33 bits per heavy atom. The number of primary amides is 1. The van der Waals surface area contributed by atoms with Crippen LogP contribution in [-0.2, 0) is 27.1 Å². The van der Waals surface area contributed by atoms with E-state index in [2.05, 4.69) is 0 Å². The Labute approximate surface area is 261 Å². The molecule has 2 aromatic rings. The number of benzene rings is 2. The third kappa shape index (κ3) is 10.8. The van der Waals surface area contributed by atoms with E-state index in [0.29, 0.717) is 37.9 Å². The summed E-state index contributed by atoms with van der Waals surface area (Å²) >= 11 is 0. The Morgan fingerprint density at radius 2 is 1.73 bits per heavy atom. The van der Waals surface area contributed by atoms with Gasteiger partial charge in [-0.2, -0.15) is 13.2 Å². The fraction of sp³-hybridized carbons (Fsp3) is 0.531. The Balaban J connectivity index is 1.76. The van der Waals surface area contributed by atoms with Gasteiger partial charge in [-0.05, 0) is 76.3 Å². The summed E-state index contributed by atoms with van der Waals surface area (Å²) in [4.78, 5) is 40.9. The second kappa shape index (κ2) is 15.2. The number of hydrogen-bond donors (Lipinski definition) is 1. The molecule has 248 valence electrons. The highest BCUT2D eigenvalue weighted by molar-refractivity contribution is 6.00. The van der Waals surface area contributed by atoms with Crippen molar-refractivity contribution >= 4 is 23.7 Å². The molecule has 0 saturated carbocycles. The predicted octanol–water partition coefficient (Wildman–Crippen LogP) is 5.29. The van der Waals surface area contributed by atoms with Gasteiger partial charge in [0.15, 0.2) is 18.1 Å². The number of rotatable bonds is 14. The normalized spacial score (nSPS) is 13.6. The molecule has 0 saturated heterocycles. The minimum atomic E-state index is -4.51. The molecule has 2 amide bonds. The van der Waals surface area contributed by atoms with E-state index < -0.39 is 36.4 Å². The van der Waals surface area contributed by atoms with Crippen LogP contribution in [0, 0.1) is 0 Å². The van der Waals surface area contributed by atoms with Crippen LogP contribution in [0.1, 0.15) is 62.0 Å². The number of methoxy groups -OCH3 is 1. The highest BCUT2D eigenvalue weighted by Gasteiger charge is 2.30. The largest absolute Gasteiger partial charge is 0.488 e. The van der Waals surface area contributed by atoms with Gasteiger partial charge in [0, 0.05) is 25.6 Å². The van der Waals surface area contributed by atoms with Crippen molar-refractivity contribution in [3.63, 3.8) is 0 Å². The van der Waals surface area contributed by atoms with Crippen molar-refractivity contribution in [1.82, 2.24) is 4.90 Å². The second-order valence-corrected chi connectivity index (χ2v) is 11.9. The van der Waals surface area contributed by atoms with Crippen LogP contribution in [0.2, 0.25) is 0 Å². The fourth-order valence-corrected chi connectivity index (χ4v) is 5.10. The van der Waals surface area contributed by atoms with Crippen LogP contribution in [0.15, 0.2) is 36.4 Å². The number of carbonyl (C=O) groups excluding carboxylic acids is 3. The van der Waals surface area contributed by atoms with Crippen molar-refractivity contribution < 1.29 is 46.5 Å². The number of halogens is 3. The number of fused-ring (bicyclic) bond motifs is 1. The summed E-state index contributed by atoms with van der Waals surface area (Å²) < 4.78 is 59.1. The maximum Gasteiger partial charge on any atom is 0.422 e. The first-order valence-electron chi connectivity index (χ1n) is 14.8. The van der Waals surface area contributed by atoms with Gasteiger partial charge in [0.25, 0.3) is 5.91 Å². The first-order chi connectivity index (χ1) is 21.1. The minimum Gasteiger partial charge on any atom is -0.488 e. The van der Waals surface area contributed by atoms with Crippen molar-refractivity contribution in [3.05, 3.63) is 53.1 Å². The molecule has 45 heavy (non-hydrogen) atoms. The maximum absolute atomic E-state index is 13.3. The monoisotopic (exact) mass is 637 g/mol. The molecule has 0 bridgehead atoms. The van der Waals surface area contributed by atoms with Crippen LogP contribution in [-0.4, -0.2) is 80.6 Å². The van der Waals surface area contributed by atoms with Crippen LogP contribution >= 0.6 is 0 Å². The van der Waals surface area contributed by atoms with E-state index in [4.69, 9.17) is 24.7 Å². The van der Waals surface area contributed by atoms with Crippen LogP contribution in [0.3, 0.4) is 0 Å². The smallest absolute Gasteiger partial charge is 0.422 e. The molecule has 10 nitrogen and oxygen atoms in total. The molecule has 1 atom stereocenters. The lowest BCUT2D eigenvalue weighted by atomic mass is 9.97. The van der Waals surface area contributed by atoms with Crippen molar-refractivity contribution in [2.24, 2.45) is 5.73 Å². The standard InChI is InChI=1S/C32H42F3N3O7/c1-21(17-22-18-23-12-14-37(13-8-11-27(39)42-5)28(23)24(19-22)29(36)40)38(30(41)45-31(2,3)4)15-16-43-25-9-6-7-10-26(25)44-20-32(33,34)35/h6-7,9-10,18-19,21H,8,11-17,20H2,1-5H3,(H2,36,40)/t21-/m1/s1. The highest BCUT2D eigenvalue weighted by atomic mass is 19.4. The van der Waals surface area contributed by atoms with E-state index in [9.17, 15) is 27.6 Å². The van der Waals surface area contributed by atoms with Gasteiger partial charge >= 0.3 is 18.2 Å². The van der Waals surface area contributed by atoms with Crippen LogP contribution < -0.4 is 20.1 Å². The zero-order valence-electron chi connectivity index (χ0n) is 26.4.